The molecule has 1 saturated heterocycles. The highest BCUT2D eigenvalue weighted by Gasteiger charge is 2.35. The number of carbonyl (C=O) groups is 1. The van der Waals surface area contributed by atoms with E-state index in [-0.39, 0.29) is 12.6 Å². The smallest absolute Gasteiger partial charge is 0.338 e. The van der Waals surface area contributed by atoms with E-state index in [9.17, 15) is 9.90 Å². The van der Waals surface area contributed by atoms with Crippen molar-refractivity contribution < 1.29 is 19.4 Å². The first-order valence-electron chi connectivity index (χ1n) is 6.82. The predicted octanol–water partition coefficient (Wildman–Crippen LogP) is 1.75. The summed E-state index contributed by atoms with van der Waals surface area (Å²) in [7, 11) is 1.28. The Morgan fingerprint density at radius 1 is 1.62 bits per heavy atom. The minimum absolute atomic E-state index is 0.0651. The molecule has 6 heteroatoms. The zero-order valence-electron chi connectivity index (χ0n) is 12.2. The summed E-state index contributed by atoms with van der Waals surface area (Å²) < 4.78 is 11.4. The van der Waals surface area contributed by atoms with E-state index in [0.717, 1.165) is 10.0 Å². The van der Waals surface area contributed by atoms with Crippen molar-refractivity contribution in [3.05, 3.63) is 34.3 Å². The van der Waals surface area contributed by atoms with Gasteiger partial charge in [0.15, 0.2) is 5.60 Å². The zero-order valence-corrected chi connectivity index (χ0v) is 13.8. The van der Waals surface area contributed by atoms with Crippen molar-refractivity contribution in [2.75, 3.05) is 33.4 Å². The molecule has 1 N–H and O–H groups in total. The summed E-state index contributed by atoms with van der Waals surface area (Å²) in [5, 5.41) is 10.2. The fourth-order valence-corrected chi connectivity index (χ4v) is 2.89. The number of rotatable bonds is 4. The number of morpholine rings is 1. The summed E-state index contributed by atoms with van der Waals surface area (Å²) in [4.78, 5) is 13.6. The summed E-state index contributed by atoms with van der Waals surface area (Å²) in [5.74, 6) is -0.618. The Balaban J connectivity index is 2.02. The van der Waals surface area contributed by atoms with Crippen molar-refractivity contribution >= 4 is 21.9 Å². The minimum Gasteiger partial charge on any atom is -0.467 e. The molecule has 0 aromatic heterocycles. The van der Waals surface area contributed by atoms with Crippen LogP contribution >= 0.6 is 15.9 Å². The molecule has 1 aliphatic heterocycles. The van der Waals surface area contributed by atoms with Crippen LogP contribution in [0.1, 0.15) is 18.6 Å². The second kappa shape index (κ2) is 6.87. The van der Waals surface area contributed by atoms with Gasteiger partial charge in [0.2, 0.25) is 0 Å². The molecule has 0 spiro atoms. The second-order valence-electron chi connectivity index (χ2n) is 5.41. The summed E-state index contributed by atoms with van der Waals surface area (Å²) in [6.45, 7) is 3.58. The van der Waals surface area contributed by atoms with Gasteiger partial charge in [-0.1, -0.05) is 28.1 Å². The first-order valence-corrected chi connectivity index (χ1v) is 7.62. The van der Waals surface area contributed by atoms with Crippen molar-refractivity contribution in [1.29, 1.82) is 0 Å². The van der Waals surface area contributed by atoms with Gasteiger partial charge in [0.1, 0.15) is 0 Å². The van der Waals surface area contributed by atoms with E-state index in [4.69, 9.17) is 4.74 Å². The number of hydrogen-bond donors (Lipinski definition) is 1. The van der Waals surface area contributed by atoms with Gasteiger partial charge in [-0.3, -0.25) is 4.90 Å². The van der Waals surface area contributed by atoms with Gasteiger partial charge in [-0.2, -0.15) is 0 Å². The predicted molar refractivity (Wildman–Crippen MR) is 81.9 cm³/mol. The fraction of sp³-hybridized carbons (Fsp3) is 0.533. The number of aliphatic hydroxyl groups is 1. The van der Waals surface area contributed by atoms with Gasteiger partial charge in [-0.05, 0) is 24.6 Å². The van der Waals surface area contributed by atoms with Crippen molar-refractivity contribution in [3.8, 4) is 0 Å². The lowest BCUT2D eigenvalue weighted by molar-refractivity contribution is -0.164. The van der Waals surface area contributed by atoms with Gasteiger partial charge >= 0.3 is 5.97 Å². The first-order chi connectivity index (χ1) is 9.92. The lowest BCUT2D eigenvalue weighted by atomic mass is 10.0. The normalized spacial score (nSPS) is 22.6. The van der Waals surface area contributed by atoms with E-state index in [0.29, 0.717) is 19.7 Å². The van der Waals surface area contributed by atoms with E-state index >= 15 is 0 Å². The Bertz CT molecular complexity index is 506. The topological polar surface area (TPSA) is 59.0 Å². The van der Waals surface area contributed by atoms with Gasteiger partial charge in [0, 0.05) is 24.1 Å². The molecule has 21 heavy (non-hydrogen) atoms. The number of β-amino-alcohol motifs (C(OH)–C–C–N with tert-alkyl or cyclic N) is 1. The number of carbonyl (C=O) groups excluding carboxylic acids is 1. The van der Waals surface area contributed by atoms with Gasteiger partial charge in [0.25, 0.3) is 0 Å². The lowest BCUT2D eigenvalue weighted by Crippen LogP contribution is -2.51. The number of esters is 1. The molecule has 0 amide bonds. The summed E-state index contributed by atoms with van der Waals surface area (Å²) in [5.41, 5.74) is -0.430. The molecule has 5 nitrogen and oxygen atoms in total. The fourth-order valence-electron chi connectivity index (χ4n) is 2.47. The number of nitrogens with zero attached hydrogens (tertiary/aromatic N) is 1. The zero-order chi connectivity index (χ0) is 15.5. The van der Waals surface area contributed by atoms with Crippen LogP contribution in [0.15, 0.2) is 28.7 Å². The van der Waals surface area contributed by atoms with Crippen LogP contribution in [0.5, 0.6) is 0 Å². The summed E-state index contributed by atoms with van der Waals surface area (Å²) >= 11 is 3.45. The van der Waals surface area contributed by atoms with Crippen LogP contribution < -0.4 is 0 Å². The number of hydrogen-bond acceptors (Lipinski definition) is 5. The average Bonchev–Trinajstić information content (AvgIpc) is 2.46. The number of ether oxygens (including phenoxy) is 2. The molecule has 0 aliphatic carbocycles. The van der Waals surface area contributed by atoms with Crippen molar-refractivity contribution in [2.45, 2.75) is 18.6 Å². The third kappa shape index (κ3) is 4.26. The molecule has 116 valence electrons. The van der Waals surface area contributed by atoms with Crippen molar-refractivity contribution in [1.82, 2.24) is 4.90 Å². The molecule has 1 heterocycles. The average molecular weight is 358 g/mol. The molecule has 0 unspecified atom stereocenters. The Kier molecular flexibility index (Phi) is 5.37. The Labute approximate surface area is 133 Å². The maximum Gasteiger partial charge on any atom is 0.338 e. The maximum absolute atomic E-state index is 11.6. The molecule has 2 atom stereocenters. The Hall–Kier alpha value is -0.950. The molecular formula is C15H20BrNO4. The van der Waals surface area contributed by atoms with Crippen LogP contribution in [0.3, 0.4) is 0 Å². The molecule has 0 radical (unpaired) electrons. The number of methoxy groups -OCH3 is 1. The maximum atomic E-state index is 11.6. The Morgan fingerprint density at radius 3 is 3.05 bits per heavy atom. The third-order valence-corrected chi connectivity index (χ3v) is 4.02. The SMILES string of the molecule is COC(=O)[C@@](C)(O)CN1CCO[C@H](c2cccc(Br)c2)C1. The minimum atomic E-state index is -1.51. The van der Waals surface area contributed by atoms with Crippen LogP contribution in [0.4, 0.5) is 0 Å². The van der Waals surface area contributed by atoms with Gasteiger partial charge in [-0.25, -0.2) is 4.79 Å². The van der Waals surface area contributed by atoms with Gasteiger partial charge < -0.3 is 14.6 Å². The monoisotopic (exact) mass is 357 g/mol. The lowest BCUT2D eigenvalue weighted by Gasteiger charge is -2.36. The molecular weight excluding hydrogens is 338 g/mol. The van der Waals surface area contributed by atoms with Gasteiger partial charge in [0.05, 0.1) is 19.8 Å². The van der Waals surface area contributed by atoms with E-state index in [2.05, 4.69) is 20.7 Å². The third-order valence-electron chi connectivity index (χ3n) is 3.53. The molecule has 1 aromatic rings. The molecule has 1 aliphatic rings. The highest BCUT2D eigenvalue weighted by molar-refractivity contribution is 9.10. The van der Waals surface area contributed by atoms with Crippen LogP contribution in [0, 0.1) is 0 Å². The van der Waals surface area contributed by atoms with Crippen molar-refractivity contribution in [3.63, 3.8) is 0 Å². The highest BCUT2D eigenvalue weighted by atomic mass is 79.9. The van der Waals surface area contributed by atoms with Crippen LogP contribution in [0.25, 0.3) is 0 Å². The largest absolute Gasteiger partial charge is 0.467 e. The van der Waals surface area contributed by atoms with E-state index in [1.165, 1.54) is 14.0 Å². The van der Waals surface area contributed by atoms with E-state index in [1.807, 2.05) is 29.2 Å². The van der Waals surface area contributed by atoms with Crippen LogP contribution in [-0.4, -0.2) is 54.9 Å². The molecule has 0 saturated carbocycles. The molecule has 0 bridgehead atoms. The standard InChI is InChI=1S/C15H20BrNO4/c1-15(19,14(18)20-2)10-17-6-7-21-13(9-17)11-4-3-5-12(16)8-11/h3-5,8,13,19H,6-7,9-10H2,1-2H3/t13-,15-/m0/s1. The number of halogens is 1. The summed E-state index contributed by atoms with van der Waals surface area (Å²) in [6.07, 6.45) is -0.0651. The van der Waals surface area contributed by atoms with E-state index < -0.39 is 11.6 Å². The second-order valence-corrected chi connectivity index (χ2v) is 6.33. The van der Waals surface area contributed by atoms with Crippen LogP contribution in [0.2, 0.25) is 0 Å². The highest BCUT2D eigenvalue weighted by Crippen LogP contribution is 2.25. The molecule has 1 aromatic carbocycles. The quantitative estimate of drug-likeness (QED) is 0.831. The van der Waals surface area contributed by atoms with Gasteiger partial charge in [-0.15, -0.1) is 0 Å². The Morgan fingerprint density at radius 2 is 2.38 bits per heavy atom. The molecule has 1 fully saturated rings. The summed E-state index contributed by atoms with van der Waals surface area (Å²) in [6, 6.07) is 7.96. The van der Waals surface area contributed by atoms with E-state index in [1.54, 1.807) is 0 Å². The molecule has 2 rings (SSSR count). The first kappa shape index (κ1) is 16.4. The number of benzene rings is 1. The van der Waals surface area contributed by atoms with Crippen molar-refractivity contribution in [2.24, 2.45) is 0 Å². The van der Waals surface area contributed by atoms with Crippen LogP contribution in [-0.2, 0) is 14.3 Å².